The van der Waals surface area contributed by atoms with Crippen LogP contribution in [0.15, 0.2) is 6.07 Å². The van der Waals surface area contributed by atoms with Crippen molar-refractivity contribution in [3.05, 3.63) is 17.0 Å². The molecule has 0 bridgehead atoms. The fourth-order valence-electron chi connectivity index (χ4n) is 2.03. The molecule has 0 amide bonds. The Bertz CT molecular complexity index is 550. The van der Waals surface area contributed by atoms with Crippen LogP contribution in [0.3, 0.4) is 0 Å². The monoisotopic (exact) mass is 305 g/mol. The van der Waals surface area contributed by atoms with Crippen molar-refractivity contribution in [3.63, 3.8) is 0 Å². The van der Waals surface area contributed by atoms with Crippen molar-refractivity contribution in [2.75, 3.05) is 30.5 Å². The number of nitrogens with zero attached hydrogens (tertiary/aromatic N) is 2. The summed E-state index contributed by atoms with van der Waals surface area (Å²) in [6.07, 6.45) is 0.694. The maximum absolute atomic E-state index is 11.4. The molecule has 0 saturated carbocycles. The van der Waals surface area contributed by atoms with Gasteiger partial charge < -0.3 is 10.1 Å². The van der Waals surface area contributed by atoms with Gasteiger partial charge in [-0.1, -0.05) is 11.6 Å². The van der Waals surface area contributed by atoms with E-state index in [0.717, 1.165) is 0 Å². The fourth-order valence-corrected chi connectivity index (χ4v) is 4.09. The summed E-state index contributed by atoms with van der Waals surface area (Å²) in [7, 11) is -1.29. The van der Waals surface area contributed by atoms with Crippen LogP contribution in [0.4, 0.5) is 5.82 Å². The SMILES string of the molecule is COCc1nc(Cl)cc(NCC2CCS(=O)(=O)C2)n1. The largest absolute Gasteiger partial charge is 0.377 e. The maximum atomic E-state index is 11.4. The molecule has 2 heterocycles. The first-order valence-corrected chi connectivity index (χ1v) is 8.15. The second-order valence-electron chi connectivity index (χ2n) is 4.58. The zero-order valence-electron chi connectivity index (χ0n) is 10.6. The third-order valence-electron chi connectivity index (χ3n) is 2.91. The molecular weight excluding hydrogens is 290 g/mol. The Morgan fingerprint density at radius 2 is 2.32 bits per heavy atom. The van der Waals surface area contributed by atoms with Gasteiger partial charge in [0.25, 0.3) is 0 Å². The van der Waals surface area contributed by atoms with E-state index in [-0.39, 0.29) is 24.0 Å². The fraction of sp³-hybridized carbons (Fsp3) is 0.636. The third-order valence-corrected chi connectivity index (χ3v) is 4.94. The van der Waals surface area contributed by atoms with Gasteiger partial charge in [0.1, 0.15) is 17.6 Å². The number of rotatable bonds is 5. The molecule has 106 valence electrons. The molecule has 1 aliphatic rings. The standard InChI is InChI=1S/C11H16ClN3O3S/c1-18-6-11-14-9(12)4-10(15-11)13-5-8-2-3-19(16,17)7-8/h4,8H,2-3,5-7H2,1H3,(H,13,14,15). The van der Waals surface area contributed by atoms with Gasteiger partial charge in [0.05, 0.1) is 11.5 Å². The highest BCUT2D eigenvalue weighted by Crippen LogP contribution is 2.19. The quantitative estimate of drug-likeness (QED) is 0.821. The van der Waals surface area contributed by atoms with E-state index in [9.17, 15) is 8.42 Å². The van der Waals surface area contributed by atoms with E-state index in [1.807, 2.05) is 0 Å². The first-order chi connectivity index (χ1) is 8.98. The minimum absolute atomic E-state index is 0.129. The van der Waals surface area contributed by atoms with Crippen molar-refractivity contribution in [2.24, 2.45) is 5.92 Å². The summed E-state index contributed by atoms with van der Waals surface area (Å²) < 4.78 is 27.7. The first kappa shape index (κ1) is 14.5. The van der Waals surface area contributed by atoms with E-state index < -0.39 is 9.84 Å². The molecule has 1 N–H and O–H groups in total. The topological polar surface area (TPSA) is 81.2 Å². The average Bonchev–Trinajstić information content (AvgIpc) is 2.66. The molecule has 1 aromatic rings. The molecule has 2 rings (SSSR count). The number of hydrogen-bond acceptors (Lipinski definition) is 6. The molecule has 6 nitrogen and oxygen atoms in total. The third kappa shape index (κ3) is 4.29. The smallest absolute Gasteiger partial charge is 0.158 e. The van der Waals surface area contributed by atoms with Crippen LogP contribution in [0.25, 0.3) is 0 Å². The molecule has 19 heavy (non-hydrogen) atoms. The Balaban J connectivity index is 1.96. The molecule has 1 saturated heterocycles. The van der Waals surface area contributed by atoms with Gasteiger partial charge in [-0.05, 0) is 12.3 Å². The van der Waals surface area contributed by atoms with Crippen LogP contribution in [0.5, 0.6) is 0 Å². The Morgan fingerprint density at radius 3 is 2.95 bits per heavy atom. The second-order valence-corrected chi connectivity index (χ2v) is 7.19. The maximum Gasteiger partial charge on any atom is 0.158 e. The van der Waals surface area contributed by atoms with Gasteiger partial charge in [-0.2, -0.15) is 0 Å². The van der Waals surface area contributed by atoms with Crippen LogP contribution < -0.4 is 5.32 Å². The summed E-state index contributed by atoms with van der Waals surface area (Å²) >= 11 is 5.88. The highest BCUT2D eigenvalue weighted by molar-refractivity contribution is 7.91. The molecule has 1 aromatic heterocycles. The second kappa shape index (κ2) is 6.02. The van der Waals surface area contributed by atoms with Gasteiger partial charge >= 0.3 is 0 Å². The minimum Gasteiger partial charge on any atom is -0.377 e. The lowest BCUT2D eigenvalue weighted by atomic mass is 10.1. The molecule has 0 aliphatic carbocycles. The number of hydrogen-bond donors (Lipinski definition) is 1. The minimum atomic E-state index is -2.84. The van der Waals surface area contributed by atoms with Gasteiger partial charge in [0, 0.05) is 19.7 Å². The number of aromatic nitrogens is 2. The van der Waals surface area contributed by atoms with Crippen molar-refractivity contribution in [1.82, 2.24) is 9.97 Å². The number of nitrogens with one attached hydrogen (secondary N) is 1. The van der Waals surface area contributed by atoms with E-state index in [1.54, 1.807) is 13.2 Å². The van der Waals surface area contributed by atoms with E-state index in [2.05, 4.69) is 15.3 Å². The van der Waals surface area contributed by atoms with Gasteiger partial charge in [-0.25, -0.2) is 18.4 Å². The highest BCUT2D eigenvalue weighted by atomic mass is 35.5. The van der Waals surface area contributed by atoms with E-state index in [1.165, 1.54) is 0 Å². The summed E-state index contributed by atoms with van der Waals surface area (Å²) in [6.45, 7) is 0.853. The van der Waals surface area contributed by atoms with E-state index in [4.69, 9.17) is 16.3 Å². The summed E-state index contributed by atoms with van der Waals surface area (Å²) in [6, 6.07) is 1.62. The molecule has 0 aromatic carbocycles. The molecule has 1 aliphatic heterocycles. The summed E-state index contributed by atoms with van der Waals surface area (Å²) in [4.78, 5) is 8.26. The zero-order chi connectivity index (χ0) is 13.9. The Morgan fingerprint density at radius 1 is 1.53 bits per heavy atom. The van der Waals surface area contributed by atoms with Gasteiger partial charge in [0.15, 0.2) is 15.7 Å². The number of ether oxygens (including phenoxy) is 1. The molecule has 1 unspecified atom stereocenters. The first-order valence-electron chi connectivity index (χ1n) is 5.95. The lowest BCUT2D eigenvalue weighted by Gasteiger charge is -2.11. The lowest BCUT2D eigenvalue weighted by molar-refractivity contribution is 0.178. The van der Waals surface area contributed by atoms with Crippen LogP contribution in [-0.2, 0) is 21.2 Å². The Hall–Kier alpha value is -0.920. The highest BCUT2D eigenvalue weighted by Gasteiger charge is 2.27. The van der Waals surface area contributed by atoms with Crippen molar-refractivity contribution in [1.29, 1.82) is 0 Å². The number of anilines is 1. The summed E-state index contributed by atoms with van der Waals surface area (Å²) in [5.41, 5.74) is 0. The predicted molar refractivity (Wildman–Crippen MR) is 73.0 cm³/mol. The van der Waals surface area contributed by atoms with Crippen molar-refractivity contribution in [3.8, 4) is 0 Å². The normalized spacial score (nSPS) is 21.5. The van der Waals surface area contributed by atoms with Gasteiger partial charge in [0.2, 0.25) is 0 Å². The molecular formula is C11H16ClN3O3S. The summed E-state index contributed by atoms with van der Waals surface area (Å²) in [5, 5.41) is 3.45. The zero-order valence-corrected chi connectivity index (χ0v) is 12.2. The Kier molecular flexibility index (Phi) is 4.59. The van der Waals surface area contributed by atoms with Gasteiger partial charge in [-0.3, -0.25) is 0 Å². The van der Waals surface area contributed by atoms with E-state index in [0.29, 0.717) is 29.8 Å². The van der Waals surface area contributed by atoms with Crippen LogP contribution in [0, 0.1) is 5.92 Å². The Labute approximate surface area is 117 Å². The van der Waals surface area contributed by atoms with Crippen molar-refractivity contribution >= 4 is 27.3 Å². The molecule has 0 spiro atoms. The molecule has 8 heteroatoms. The molecule has 1 fully saturated rings. The number of halogens is 1. The molecule has 0 radical (unpaired) electrons. The number of sulfone groups is 1. The average molecular weight is 306 g/mol. The van der Waals surface area contributed by atoms with E-state index >= 15 is 0 Å². The van der Waals surface area contributed by atoms with Crippen LogP contribution >= 0.6 is 11.6 Å². The van der Waals surface area contributed by atoms with Crippen LogP contribution in [0.2, 0.25) is 5.15 Å². The van der Waals surface area contributed by atoms with Crippen LogP contribution in [0.1, 0.15) is 12.2 Å². The van der Waals surface area contributed by atoms with Crippen LogP contribution in [-0.4, -0.2) is 43.5 Å². The molecule has 1 atom stereocenters. The van der Waals surface area contributed by atoms with Crippen molar-refractivity contribution < 1.29 is 13.2 Å². The number of methoxy groups -OCH3 is 1. The predicted octanol–water partition coefficient (Wildman–Crippen LogP) is 1.12. The van der Waals surface area contributed by atoms with Gasteiger partial charge in [-0.15, -0.1) is 0 Å². The lowest BCUT2D eigenvalue weighted by Crippen LogP contribution is -2.16. The summed E-state index contributed by atoms with van der Waals surface area (Å²) in [5.74, 6) is 1.74. The van der Waals surface area contributed by atoms with Crippen molar-refractivity contribution in [2.45, 2.75) is 13.0 Å².